The highest BCUT2D eigenvalue weighted by molar-refractivity contribution is 6.01. The molecule has 0 radical (unpaired) electrons. The lowest BCUT2D eigenvalue weighted by molar-refractivity contribution is -0.155. The van der Waals surface area contributed by atoms with Crippen LogP contribution in [0.1, 0.15) is 65.0 Å². The van der Waals surface area contributed by atoms with E-state index in [0.29, 0.717) is 49.9 Å². The van der Waals surface area contributed by atoms with Crippen LogP contribution in [0, 0.1) is 11.3 Å². The Bertz CT molecular complexity index is 2680. The van der Waals surface area contributed by atoms with Crippen LogP contribution in [0.3, 0.4) is 0 Å². The number of anilines is 1. The Kier molecular flexibility index (Phi) is 14.3. The van der Waals surface area contributed by atoms with E-state index in [-0.39, 0.29) is 49.4 Å². The van der Waals surface area contributed by atoms with E-state index in [0.717, 1.165) is 70.8 Å². The van der Waals surface area contributed by atoms with Gasteiger partial charge in [-0.2, -0.15) is 0 Å². The van der Waals surface area contributed by atoms with E-state index in [4.69, 9.17) is 9.72 Å². The zero-order valence-electron chi connectivity index (χ0n) is 41.1. The van der Waals surface area contributed by atoms with E-state index >= 15 is 0 Å². The number of carbonyl (C=O) groups excluding carboxylic acids is 5. The number of ether oxygens (including phenoxy) is 1. The number of aromatic hydroxyl groups is 1. The summed E-state index contributed by atoms with van der Waals surface area (Å²) in [7, 11) is 3.67. The second-order valence-corrected chi connectivity index (χ2v) is 20.1. The molecule has 366 valence electrons. The number of fused-ring (bicyclic) bond motifs is 6. The van der Waals surface area contributed by atoms with Gasteiger partial charge in [0.2, 0.25) is 11.8 Å². The van der Waals surface area contributed by atoms with Gasteiger partial charge >= 0.3 is 5.97 Å². The number of esters is 1. The summed E-state index contributed by atoms with van der Waals surface area (Å²) in [6.45, 7) is 18.8. The number of rotatable bonds is 8. The lowest BCUT2D eigenvalue weighted by Crippen LogP contribution is -2.60. The normalized spacial score (nSPS) is 21.1. The third-order valence-electron chi connectivity index (χ3n) is 14.1. The zero-order chi connectivity index (χ0) is 49.3. The highest BCUT2D eigenvalue weighted by atomic mass is 16.5. The maximum atomic E-state index is 14.7. The van der Waals surface area contributed by atoms with Crippen LogP contribution in [0.25, 0.3) is 33.3 Å². The monoisotopic (exact) mass is 942 g/mol. The number of hydrazine groups is 1. The van der Waals surface area contributed by atoms with Gasteiger partial charge < -0.3 is 39.3 Å². The molecule has 3 atom stereocenters. The number of hydrogen-bond donors (Lipinski definition) is 3. The van der Waals surface area contributed by atoms with Gasteiger partial charge in [0.25, 0.3) is 11.8 Å². The first kappa shape index (κ1) is 48.9. The van der Waals surface area contributed by atoms with E-state index in [9.17, 15) is 29.1 Å². The molecule has 6 bridgehead atoms. The van der Waals surface area contributed by atoms with Crippen molar-refractivity contribution in [3.05, 3.63) is 89.8 Å². The number of hydrogen-bond acceptors (Lipinski definition) is 11. The Morgan fingerprint density at radius 3 is 2.43 bits per heavy atom. The SMILES string of the molecule is C=CC(=O)N1CC[C@H](C(=O)N(C)C(C(=O)NC2Cc3cc(O)cc(c3)-c3ccc4c(c3)c(c(-c3ccc(N5CCN(C)CC5)nc3)n4CC)CC(C)(C)COC(=O)[C@@H]3CCCN(N3)C2=O)=C(C)C)C1. The summed E-state index contributed by atoms with van der Waals surface area (Å²) in [5.41, 5.74) is 9.53. The minimum Gasteiger partial charge on any atom is -0.508 e. The van der Waals surface area contributed by atoms with Crippen molar-refractivity contribution in [2.45, 2.75) is 85.4 Å². The Morgan fingerprint density at radius 1 is 0.986 bits per heavy atom. The highest BCUT2D eigenvalue weighted by Crippen LogP contribution is 2.41. The van der Waals surface area contributed by atoms with Crippen molar-refractivity contribution >= 4 is 46.3 Å². The summed E-state index contributed by atoms with van der Waals surface area (Å²) >= 11 is 0. The number of nitrogens with one attached hydrogen (secondary N) is 2. The molecule has 4 aromatic rings. The van der Waals surface area contributed by atoms with E-state index in [1.54, 1.807) is 30.9 Å². The van der Waals surface area contributed by atoms with Crippen molar-refractivity contribution in [3.8, 4) is 28.1 Å². The summed E-state index contributed by atoms with van der Waals surface area (Å²) in [6, 6.07) is 13.8. The lowest BCUT2D eigenvalue weighted by atomic mass is 9.84. The lowest BCUT2D eigenvalue weighted by Gasteiger charge is -2.36. The molecule has 3 saturated heterocycles. The number of benzene rings is 2. The third-order valence-corrected chi connectivity index (χ3v) is 14.1. The fourth-order valence-electron chi connectivity index (χ4n) is 10.4. The molecule has 2 aromatic heterocycles. The molecule has 4 aliphatic rings. The summed E-state index contributed by atoms with van der Waals surface area (Å²) in [6.07, 6.45) is 5.12. The van der Waals surface area contributed by atoms with Crippen LogP contribution in [0.2, 0.25) is 0 Å². The van der Waals surface area contributed by atoms with Gasteiger partial charge in [-0.1, -0.05) is 32.6 Å². The Balaban J connectivity index is 1.17. The van der Waals surface area contributed by atoms with Crippen LogP contribution in [-0.2, 0) is 48.1 Å². The van der Waals surface area contributed by atoms with Gasteiger partial charge in [0.05, 0.1) is 18.2 Å². The third kappa shape index (κ3) is 10.4. The van der Waals surface area contributed by atoms with E-state index in [1.807, 2.05) is 18.3 Å². The smallest absolute Gasteiger partial charge is 0.324 e. The molecule has 69 heavy (non-hydrogen) atoms. The summed E-state index contributed by atoms with van der Waals surface area (Å²) in [5.74, 6) is -1.78. The van der Waals surface area contributed by atoms with Gasteiger partial charge in [0, 0.05) is 93.9 Å². The first-order chi connectivity index (χ1) is 32.9. The van der Waals surface area contributed by atoms with Crippen LogP contribution in [-0.4, -0.2) is 143 Å². The fraction of sp³-hybridized carbons (Fsp3) is 0.472. The maximum Gasteiger partial charge on any atom is 0.324 e. The van der Waals surface area contributed by atoms with Gasteiger partial charge in [0.1, 0.15) is 29.3 Å². The van der Waals surface area contributed by atoms with Gasteiger partial charge in [-0.15, -0.1) is 0 Å². The molecule has 8 rings (SSSR count). The molecular weight excluding hydrogens is 875 g/mol. The summed E-state index contributed by atoms with van der Waals surface area (Å²) < 4.78 is 8.44. The first-order valence-electron chi connectivity index (χ1n) is 24.2. The highest BCUT2D eigenvalue weighted by Gasteiger charge is 2.38. The Morgan fingerprint density at radius 2 is 1.74 bits per heavy atom. The van der Waals surface area contributed by atoms with Crippen molar-refractivity contribution in [1.29, 1.82) is 0 Å². The van der Waals surface area contributed by atoms with E-state index in [1.165, 1.54) is 23.0 Å². The molecule has 0 saturated carbocycles. The largest absolute Gasteiger partial charge is 0.508 e. The van der Waals surface area contributed by atoms with Crippen LogP contribution < -0.4 is 15.6 Å². The average molecular weight is 942 g/mol. The number of phenols is 1. The molecule has 3 N–H and O–H groups in total. The second kappa shape index (κ2) is 20.2. The first-order valence-corrected chi connectivity index (χ1v) is 24.2. The molecular formula is C53H67N9O7. The minimum absolute atomic E-state index is 0.0102. The number of likely N-dealkylation sites (N-methyl/N-ethyl adjacent to an activating group) is 2. The molecule has 6 heterocycles. The molecule has 16 heteroatoms. The maximum absolute atomic E-state index is 14.7. The number of nitrogens with zero attached hydrogens (tertiary/aromatic N) is 7. The molecule has 0 aliphatic carbocycles. The van der Waals surface area contributed by atoms with Gasteiger partial charge in [-0.05, 0) is 124 Å². The van der Waals surface area contributed by atoms with Gasteiger partial charge in [-0.25, -0.2) is 10.4 Å². The number of allylic oxidation sites excluding steroid dienone is 1. The summed E-state index contributed by atoms with van der Waals surface area (Å²) in [5, 5.41) is 16.7. The Hall–Kier alpha value is -6.52. The van der Waals surface area contributed by atoms with Gasteiger partial charge in [-0.3, -0.25) is 29.0 Å². The van der Waals surface area contributed by atoms with Crippen LogP contribution in [0.4, 0.5) is 5.82 Å². The average Bonchev–Trinajstić information content (AvgIpc) is 3.95. The standard InChI is InChI=1S/C53H67N9O7/c1-9-46(64)60-19-17-37(31-60)50(66)58(8)47(33(3)4)49(65)55-43-26-34-24-38(27-39(63)25-34)35-13-15-44-40(28-35)41(29-53(5,6)32-69-52(68)42-12-11-18-62(56-42)51(43)67)48(61(44)10-2)36-14-16-45(54-30-36)59-22-20-57(7)21-23-59/h9,13-16,24-25,27-28,30,37,42-43,56,63H,1,10-12,17-23,26,29,31-32H2,2-8H3,(H,55,65)/t37-,42-,43?/m0/s1. The van der Waals surface area contributed by atoms with Crippen molar-refractivity contribution in [3.63, 3.8) is 0 Å². The molecule has 1 unspecified atom stereocenters. The predicted octanol–water partition coefficient (Wildman–Crippen LogP) is 5.28. The molecule has 4 aliphatic heterocycles. The number of likely N-dealkylation sites (tertiary alicyclic amines) is 1. The van der Waals surface area contributed by atoms with Crippen LogP contribution >= 0.6 is 0 Å². The second-order valence-electron chi connectivity index (χ2n) is 20.1. The number of cyclic esters (lactones) is 1. The van der Waals surface area contributed by atoms with E-state index < -0.39 is 41.2 Å². The topological polar surface area (TPSA) is 173 Å². The van der Waals surface area contributed by atoms with Crippen LogP contribution in [0.15, 0.2) is 78.7 Å². The van der Waals surface area contributed by atoms with E-state index in [2.05, 4.69) is 83.8 Å². The van der Waals surface area contributed by atoms with Crippen LogP contribution in [0.5, 0.6) is 5.75 Å². The quantitative estimate of drug-likeness (QED) is 0.155. The molecule has 0 spiro atoms. The number of aromatic nitrogens is 2. The fourth-order valence-corrected chi connectivity index (χ4v) is 10.4. The van der Waals surface area contributed by atoms with Crippen molar-refractivity contribution in [2.24, 2.45) is 11.3 Å². The number of piperazine rings is 1. The number of phenolic OH excluding ortho intramolecular Hbond substituents is 1. The van der Waals surface area contributed by atoms with Crippen molar-refractivity contribution in [2.75, 3.05) is 71.4 Å². The minimum atomic E-state index is -1.19. The zero-order valence-corrected chi connectivity index (χ0v) is 41.1. The molecule has 3 fully saturated rings. The molecule has 16 nitrogen and oxygen atoms in total. The van der Waals surface area contributed by atoms with Crippen molar-refractivity contribution in [1.82, 2.24) is 40.0 Å². The predicted molar refractivity (Wildman–Crippen MR) is 266 cm³/mol. The number of carbonyl (C=O) groups is 5. The Labute approximate surface area is 404 Å². The van der Waals surface area contributed by atoms with Crippen molar-refractivity contribution < 1.29 is 33.8 Å². The number of amides is 4. The number of pyridine rings is 1. The van der Waals surface area contributed by atoms with Gasteiger partial charge in [0.15, 0.2) is 0 Å². The summed E-state index contributed by atoms with van der Waals surface area (Å²) in [4.78, 5) is 81.9. The molecule has 4 amide bonds. The number of aryl methyl sites for hydroxylation is 1. The molecule has 2 aromatic carbocycles.